The summed E-state index contributed by atoms with van der Waals surface area (Å²) < 4.78 is 2.94. The molecule has 0 amide bonds. The molecule has 3 nitrogen and oxygen atoms in total. The molecule has 1 heterocycles. The van der Waals surface area contributed by atoms with Crippen LogP contribution in [0.3, 0.4) is 0 Å². The Morgan fingerprint density at radius 3 is 2.74 bits per heavy atom. The van der Waals surface area contributed by atoms with E-state index in [2.05, 4.69) is 41.8 Å². The first kappa shape index (κ1) is 14.8. The van der Waals surface area contributed by atoms with E-state index >= 15 is 0 Å². The van der Waals surface area contributed by atoms with Gasteiger partial charge >= 0.3 is 0 Å². The van der Waals surface area contributed by atoms with Gasteiger partial charge in [-0.05, 0) is 48.0 Å². The van der Waals surface area contributed by atoms with Crippen molar-refractivity contribution in [3.63, 3.8) is 0 Å². The lowest BCUT2D eigenvalue weighted by molar-refractivity contribution is -0.124. The standard InChI is InChI=1S/C15H23BrN2O/c1-5-18-12(14(16)10(2)17-18)9-13(19)11-7-6-8-15(11,3)4/h11H,5-9H2,1-4H3. The molecule has 1 aliphatic rings. The number of hydrogen-bond donors (Lipinski definition) is 0. The van der Waals surface area contributed by atoms with Gasteiger partial charge in [-0.2, -0.15) is 5.10 Å². The van der Waals surface area contributed by atoms with Gasteiger partial charge in [0.05, 0.1) is 15.9 Å². The first-order chi connectivity index (χ1) is 8.86. The molecule has 0 bridgehead atoms. The van der Waals surface area contributed by atoms with Gasteiger partial charge in [-0.25, -0.2) is 0 Å². The first-order valence-electron chi connectivity index (χ1n) is 7.11. The van der Waals surface area contributed by atoms with Crippen molar-refractivity contribution in [2.24, 2.45) is 11.3 Å². The number of Topliss-reactive ketones (excluding diaryl/α,β-unsaturated/α-hetero) is 1. The highest BCUT2D eigenvalue weighted by Crippen LogP contribution is 2.43. The molecular weight excluding hydrogens is 304 g/mol. The quantitative estimate of drug-likeness (QED) is 0.840. The number of halogens is 1. The molecule has 0 radical (unpaired) electrons. The second-order valence-corrected chi connectivity index (χ2v) is 7.03. The zero-order chi connectivity index (χ0) is 14.2. The van der Waals surface area contributed by atoms with Gasteiger partial charge in [0.2, 0.25) is 0 Å². The Balaban J connectivity index is 2.20. The number of nitrogens with zero attached hydrogens (tertiary/aromatic N) is 2. The molecule has 0 aromatic carbocycles. The molecule has 0 N–H and O–H groups in total. The van der Waals surface area contributed by atoms with Crippen molar-refractivity contribution in [2.75, 3.05) is 0 Å². The molecule has 2 rings (SSSR count). The lowest BCUT2D eigenvalue weighted by atomic mass is 9.78. The van der Waals surface area contributed by atoms with Crippen LogP contribution in [-0.2, 0) is 17.8 Å². The van der Waals surface area contributed by atoms with Crippen LogP contribution in [0.2, 0.25) is 0 Å². The minimum atomic E-state index is 0.162. The smallest absolute Gasteiger partial charge is 0.142 e. The predicted octanol–water partition coefficient (Wildman–Crippen LogP) is 3.91. The second kappa shape index (κ2) is 5.39. The maximum Gasteiger partial charge on any atom is 0.142 e. The third-order valence-corrected chi connectivity index (χ3v) is 5.47. The van der Waals surface area contributed by atoms with E-state index in [0.29, 0.717) is 12.2 Å². The molecule has 0 saturated heterocycles. The number of carbonyl (C=O) groups excluding carboxylic acids is 1. The first-order valence-corrected chi connectivity index (χ1v) is 7.90. The Hall–Kier alpha value is -0.640. The summed E-state index contributed by atoms with van der Waals surface area (Å²) in [5, 5.41) is 4.46. The lowest BCUT2D eigenvalue weighted by Gasteiger charge is -2.25. The van der Waals surface area contributed by atoms with E-state index in [1.807, 2.05) is 11.6 Å². The van der Waals surface area contributed by atoms with Crippen molar-refractivity contribution < 1.29 is 4.79 Å². The van der Waals surface area contributed by atoms with Gasteiger partial charge in [-0.15, -0.1) is 0 Å². The Morgan fingerprint density at radius 1 is 1.53 bits per heavy atom. The zero-order valence-electron chi connectivity index (χ0n) is 12.3. The number of aryl methyl sites for hydroxylation is 2. The second-order valence-electron chi connectivity index (χ2n) is 6.24. The monoisotopic (exact) mass is 326 g/mol. The number of ketones is 1. The van der Waals surface area contributed by atoms with Crippen molar-refractivity contribution >= 4 is 21.7 Å². The molecule has 0 aliphatic heterocycles. The average molecular weight is 327 g/mol. The normalized spacial score (nSPS) is 21.8. The van der Waals surface area contributed by atoms with Crippen molar-refractivity contribution in [1.82, 2.24) is 9.78 Å². The Labute approximate surface area is 123 Å². The molecule has 1 saturated carbocycles. The summed E-state index contributed by atoms with van der Waals surface area (Å²) in [5.74, 6) is 0.581. The number of rotatable bonds is 4. The fraction of sp³-hybridized carbons (Fsp3) is 0.733. The molecule has 1 unspecified atom stereocenters. The molecule has 4 heteroatoms. The van der Waals surface area contributed by atoms with Crippen LogP contribution in [0, 0.1) is 18.3 Å². The van der Waals surface area contributed by atoms with E-state index in [1.165, 1.54) is 6.42 Å². The fourth-order valence-corrected chi connectivity index (χ4v) is 3.67. The molecule has 1 atom stereocenters. The van der Waals surface area contributed by atoms with Gasteiger partial charge in [0.1, 0.15) is 5.78 Å². The SMILES string of the molecule is CCn1nc(C)c(Br)c1CC(=O)C1CCCC1(C)C. The molecular formula is C15H23BrN2O. The molecule has 19 heavy (non-hydrogen) atoms. The number of aromatic nitrogens is 2. The Kier molecular flexibility index (Phi) is 4.19. The largest absolute Gasteiger partial charge is 0.299 e. The summed E-state index contributed by atoms with van der Waals surface area (Å²) in [5.41, 5.74) is 2.17. The van der Waals surface area contributed by atoms with E-state index in [4.69, 9.17) is 0 Å². The van der Waals surface area contributed by atoms with Crippen LogP contribution in [0.15, 0.2) is 4.47 Å². The number of carbonyl (C=O) groups is 1. The third-order valence-electron chi connectivity index (χ3n) is 4.44. The summed E-state index contributed by atoms with van der Waals surface area (Å²) in [7, 11) is 0. The molecule has 1 aliphatic carbocycles. The zero-order valence-corrected chi connectivity index (χ0v) is 13.9. The van der Waals surface area contributed by atoms with Crippen molar-refractivity contribution in [3.8, 4) is 0 Å². The molecule has 1 aromatic rings. The van der Waals surface area contributed by atoms with Gasteiger partial charge in [-0.1, -0.05) is 20.3 Å². The molecule has 1 aromatic heterocycles. The Bertz CT molecular complexity index is 491. The summed E-state index contributed by atoms with van der Waals surface area (Å²) in [6, 6.07) is 0. The highest BCUT2D eigenvalue weighted by atomic mass is 79.9. The van der Waals surface area contributed by atoms with Crippen molar-refractivity contribution in [2.45, 2.75) is 59.9 Å². The predicted molar refractivity (Wildman–Crippen MR) is 80.2 cm³/mol. The van der Waals surface area contributed by atoms with E-state index in [1.54, 1.807) is 0 Å². The Morgan fingerprint density at radius 2 is 2.21 bits per heavy atom. The van der Waals surface area contributed by atoms with Crippen molar-refractivity contribution in [1.29, 1.82) is 0 Å². The van der Waals surface area contributed by atoms with Crippen LogP contribution in [0.4, 0.5) is 0 Å². The minimum absolute atomic E-state index is 0.162. The van der Waals surface area contributed by atoms with Crippen LogP contribution >= 0.6 is 15.9 Å². The summed E-state index contributed by atoms with van der Waals surface area (Å²) in [6.07, 6.45) is 3.89. The van der Waals surface area contributed by atoms with Gasteiger partial charge in [0.25, 0.3) is 0 Å². The van der Waals surface area contributed by atoms with E-state index in [9.17, 15) is 4.79 Å². The minimum Gasteiger partial charge on any atom is -0.299 e. The highest BCUT2D eigenvalue weighted by Gasteiger charge is 2.39. The van der Waals surface area contributed by atoms with Gasteiger partial charge < -0.3 is 0 Å². The lowest BCUT2D eigenvalue weighted by Crippen LogP contribution is -2.27. The van der Waals surface area contributed by atoms with Gasteiger partial charge in [0, 0.05) is 18.9 Å². The summed E-state index contributed by atoms with van der Waals surface area (Å²) in [4.78, 5) is 12.6. The van der Waals surface area contributed by atoms with E-state index < -0.39 is 0 Å². The molecule has 1 fully saturated rings. The van der Waals surface area contributed by atoms with E-state index in [0.717, 1.165) is 35.2 Å². The van der Waals surface area contributed by atoms with Crippen LogP contribution in [-0.4, -0.2) is 15.6 Å². The van der Waals surface area contributed by atoms with Crippen LogP contribution in [0.25, 0.3) is 0 Å². The van der Waals surface area contributed by atoms with Gasteiger partial charge in [0.15, 0.2) is 0 Å². The molecule has 0 spiro atoms. The summed E-state index contributed by atoms with van der Waals surface area (Å²) >= 11 is 3.57. The summed E-state index contributed by atoms with van der Waals surface area (Å²) in [6.45, 7) is 9.29. The maximum absolute atomic E-state index is 12.6. The fourth-order valence-electron chi connectivity index (χ4n) is 3.25. The van der Waals surface area contributed by atoms with Crippen LogP contribution in [0.5, 0.6) is 0 Å². The average Bonchev–Trinajstić information content (AvgIpc) is 2.83. The van der Waals surface area contributed by atoms with Crippen molar-refractivity contribution in [3.05, 3.63) is 15.9 Å². The number of hydrogen-bond acceptors (Lipinski definition) is 2. The third kappa shape index (κ3) is 2.78. The topological polar surface area (TPSA) is 34.9 Å². The van der Waals surface area contributed by atoms with Crippen LogP contribution in [0.1, 0.15) is 51.4 Å². The molecule has 106 valence electrons. The maximum atomic E-state index is 12.6. The van der Waals surface area contributed by atoms with Gasteiger partial charge in [-0.3, -0.25) is 9.48 Å². The van der Waals surface area contributed by atoms with E-state index in [-0.39, 0.29) is 11.3 Å². The highest BCUT2D eigenvalue weighted by molar-refractivity contribution is 9.10. The van der Waals surface area contributed by atoms with Crippen LogP contribution < -0.4 is 0 Å².